The molecule has 0 spiro atoms. The van der Waals surface area contributed by atoms with Crippen LogP contribution in [0.1, 0.15) is 10.5 Å². The van der Waals surface area contributed by atoms with Crippen LogP contribution in [0.2, 0.25) is 0 Å². The van der Waals surface area contributed by atoms with E-state index in [-0.39, 0.29) is 5.82 Å². The monoisotopic (exact) mass is 204 g/mol. The number of carbonyl (C=O) groups is 1. The Morgan fingerprint density at radius 1 is 1.47 bits per heavy atom. The van der Waals surface area contributed by atoms with Gasteiger partial charge in [-0.15, -0.1) is 0 Å². The standard InChI is InChI=1S/C11H9FN2O/c1-14-6-10(11(7-15)13-14)8-3-2-4-9(12)5-8/h2-7H,1H3. The van der Waals surface area contributed by atoms with Gasteiger partial charge in [-0.25, -0.2) is 4.39 Å². The molecule has 0 fully saturated rings. The number of halogens is 1. The van der Waals surface area contributed by atoms with Gasteiger partial charge in [0, 0.05) is 18.8 Å². The second-order valence-electron chi connectivity index (χ2n) is 3.23. The zero-order chi connectivity index (χ0) is 10.8. The van der Waals surface area contributed by atoms with E-state index in [0.717, 1.165) is 0 Å². The van der Waals surface area contributed by atoms with E-state index >= 15 is 0 Å². The zero-order valence-electron chi connectivity index (χ0n) is 8.14. The normalized spacial score (nSPS) is 10.3. The van der Waals surface area contributed by atoms with Gasteiger partial charge in [-0.1, -0.05) is 12.1 Å². The summed E-state index contributed by atoms with van der Waals surface area (Å²) in [5.74, 6) is -0.326. The van der Waals surface area contributed by atoms with Crippen molar-refractivity contribution >= 4 is 6.29 Å². The number of carbonyl (C=O) groups excluding carboxylic acids is 1. The first-order valence-electron chi connectivity index (χ1n) is 4.45. The Labute approximate surface area is 86.2 Å². The van der Waals surface area contributed by atoms with Crippen molar-refractivity contribution < 1.29 is 9.18 Å². The minimum absolute atomic E-state index is 0.322. The minimum Gasteiger partial charge on any atom is -0.296 e. The molecule has 76 valence electrons. The quantitative estimate of drug-likeness (QED) is 0.701. The SMILES string of the molecule is Cn1cc(-c2cccc(F)c2)c(C=O)n1. The third-order valence-corrected chi connectivity index (χ3v) is 2.10. The third kappa shape index (κ3) is 1.79. The van der Waals surface area contributed by atoms with Crippen LogP contribution in [0.5, 0.6) is 0 Å². The molecule has 2 rings (SSSR count). The minimum atomic E-state index is -0.326. The average Bonchev–Trinajstić information content (AvgIpc) is 2.59. The lowest BCUT2D eigenvalue weighted by Crippen LogP contribution is -1.89. The molecule has 0 atom stereocenters. The molecule has 1 aromatic carbocycles. The summed E-state index contributed by atoms with van der Waals surface area (Å²) in [4.78, 5) is 10.7. The topological polar surface area (TPSA) is 34.9 Å². The van der Waals surface area contributed by atoms with Crippen molar-refractivity contribution in [1.82, 2.24) is 9.78 Å². The van der Waals surface area contributed by atoms with Crippen molar-refractivity contribution in [2.24, 2.45) is 7.05 Å². The molecule has 0 aliphatic heterocycles. The van der Waals surface area contributed by atoms with Crippen molar-refractivity contribution in [3.05, 3.63) is 42.0 Å². The maximum absolute atomic E-state index is 13.0. The van der Waals surface area contributed by atoms with Gasteiger partial charge in [-0.2, -0.15) is 5.10 Å². The number of nitrogens with zero attached hydrogens (tertiary/aromatic N) is 2. The zero-order valence-corrected chi connectivity index (χ0v) is 8.14. The first-order chi connectivity index (χ1) is 7.20. The highest BCUT2D eigenvalue weighted by atomic mass is 19.1. The lowest BCUT2D eigenvalue weighted by Gasteiger charge is -1.97. The summed E-state index contributed by atoms with van der Waals surface area (Å²) in [5.41, 5.74) is 1.63. The van der Waals surface area contributed by atoms with E-state index in [1.807, 2.05) is 0 Å². The van der Waals surface area contributed by atoms with E-state index in [0.29, 0.717) is 23.1 Å². The van der Waals surface area contributed by atoms with Crippen molar-refractivity contribution in [1.29, 1.82) is 0 Å². The number of aromatic nitrogens is 2. The summed E-state index contributed by atoms with van der Waals surface area (Å²) in [6.07, 6.45) is 2.36. The summed E-state index contributed by atoms with van der Waals surface area (Å²) in [6, 6.07) is 6.09. The third-order valence-electron chi connectivity index (χ3n) is 2.10. The van der Waals surface area contributed by atoms with E-state index in [9.17, 15) is 9.18 Å². The molecule has 0 aliphatic carbocycles. The predicted molar refractivity (Wildman–Crippen MR) is 54.0 cm³/mol. The Bertz CT molecular complexity index is 505. The number of hydrogen-bond donors (Lipinski definition) is 0. The first-order valence-corrected chi connectivity index (χ1v) is 4.45. The van der Waals surface area contributed by atoms with Crippen molar-refractivity contribution in [2.45, 2.75) is 0 Å². The summed E-state index contributed by atoms with van der Waals surface area (Å²) in [5, 5.41) is 3.96. The first kappa shape index (κ1) is 9.58. The molecule has 0 radical (unpaired) electrons. The van der Waals surface area contributed by atoms with Crippen LogP contribution in [-0.2, 0) is 7.05 Å². The van der Waals surface area contributed by atoms with Crippen molar-refractivity contribution in [3.63, 3.8) is 0 Å². The molecule has 1 heterocycles. The van der Waals surface area contributed by atoms with Crippen LogP contribution < -0.4 is 0 Å². The number of hydrogen-bond acceptors (Lipinski definition) is 2. The average molecular weight is 204 g/mol. The molecule has 0 unspecified atom stereocenters. The van der Waals surface area contributed by atoms with E-state index < -0.39 is 0 Å². The molecule has 3 nitrogen and oxygen atoms in total. The van der Waals surface area contributed by atoms with Gasteiger partial charge >= 0.3 is 0 Å². The highest BCUT2D eigenvalue weighted by Crippen LogP contribution is 2.22. The van der Waals surface area contributed by atoms with Crippen molar-refractivity contribution in [2.75, 3.05) is 0 Å². The van der Waals surface area contributed by atoms with E-state index in [2.05, 4.69) is 5.10 Å². The van der Waals surface area contributed by atoms with Gasteiger partial charge in [0.2, 0.25) is 0 Å². The van der Waals surface area contributed by atoms with Gasteiger partial charge in [0.05, 0.1) is 0 Å². The van der Waals surface area contributed by atoms with Crippen LogP contribution in [0.25, 0.3) is 11.1 Å². The second-order valence-corrected chi connectivity index (χ2v) is 3.23. The van der Waals surface area contributed by atoms with Crippen LogP contribution in [0.3, 0.4) is 0 Å². The molecule has 0 bridgehead atoms. The summed E-state index contributed by atoms with van der Waals surface area (Å²) in [6.45, 7) is 0. The number of benzene rings is 1. The number of aldehydes is 1. The maximum atomic E-state index is 13.0. The lowest BCUT2D eigenvalue weighted by atomic mass is 10.1. The summed E-state index contributed by atoms with van der Waals surface area (Å²) in [7, 11) is 1.72. The molecule has 0 N–H and O–H groups in total. The van der Waals surface area contributed by atoms with Gasteiger partial charge in [-0.3, -0.25) is 9.48 Å². The Kier molecular flexibility index (Phi) is 2.33. The lowest BCUT2D eigenvalue weighted by molar-refractivity contribution is 0.111. The highest BCUT2D eigenvalue weighted by Gasteiger charge is 2.09. The summed E-state index contributed by atoms with van der Waals surface area (Å²) >= 11 is 0. The fraction of sp³-hybridized carbons (Fsp3) is 0.0909. The molecule has 0 saturated heterocycles. The van der Waals surface area contributed by atoms with Crippen LogP contribution in [-0.4, -0.2) is 16.1 Å². The number of rotatable bonds is 2. The predicted octanol–water partition coefficient (Wildman–Crippen LogP) is 2.04. The smallest absolute Gasteiger partial charge is 0.170 e. The highest BCUT2D eigenvalue weighted by molar-refractivity contribution is 5.84. The molecule has 15 heavy (non-hydrogen) atoms. The van der Waals surface area contributed by atoms with Crippen LogP contribution >= 0.6 is 0 Å². The molecule has 0 saturated carbocycles. The van der Waals surface area contributed by atoms with E-state index in [1.165, 1.54) is 16.8 Å². The van der Waals surface area contributed by atoms with E-state index in [1.54, 1.807) is 25.4 Å². The Morgan fingerprint density at radius 2 is 2.27 bits per heavy atom. The Hall–Kier alpha value is -1.97. The number of aryl methyl sites for hydroxylation is 1. The van der Waals surface area contributed by atoms with Gasteiger partial charge in [-0.05, 0) is 17.7 Å². The maximum Gasteiger partial charge on any atom is 0.170 e. The van der Waals surface area contributed by atoms with Crippen molar-refractivity contribution in [3.8, 4) is 11.1 Å². The molecule has 2 aromatic rings. The summed E-state index contributed by atoms with van der Waals surface area (Å²) < 4.78 is 14.5. The fourth-order valence-corrected chi connectivity index (χ4v) is 1.47. The van der Waals surface area contributed by atoms with Crippen LogP contribution in [0.15, 0.2) is 30.5 Å². The molecular weight excluding hydrogens is 195 g/mol. The largest absolute Gasteiger partial charge is 0.296 e. The van der Waals surface area contributed by atoms with Crippen LogP contribution in [0.4, 0.5) is 4.39 Å². The van der Waals surface area contributed by atoms with Gasteiger partial charge in [0.15, 0.2) is 6.29 Å². The molecule has 4 heteroatoms. The molecule has 0 aliphatic rings. The fourth-order valence-electron chi connectivity index (χ4n) is 1.47. The second kappa shape index (κ2) is 3.65. The Balaban J connectivity index is 2.57. The van der Waals surface area contributed by atoms with Crippen LogP contribution in [0, 0.1) is 5.82 Å². The van der Waals surface area contributed by atoms with Gasteiger partial charge in [0.1, 0.15) is 11.5 Å². The Morgan fingerprint density at radius 3 is 2.93 bits per heavy atom. The van der Waals surface area contributed by atoms with Gasteiger partial charge < -0.3 is 0 Å². The van der Waals surface area contributed by atoms with Gasteiger partial charge in [0.25, 0.3) is 0 Å². The molecule has 1 aromatic heterocycles. The molecular formula is C11H9FN2O. The van der Waals surface area contributed by atoms with E-state index in [4.69, 9.17) is 0 Å². The molecule has 0 amide bonds.